The molecule has 1 aliphatic rings. The fourth-order valence-electron chi connectivity index (χ4n) is 2.70. The van der Waals surface area contributed by atoms with Gasteiger partial charge in [0.1, 0.15) is 17.2 Å². The molecule has 0 saturated carbocycles. The van der Waals surface area contributed by atoms with E-state index in [1.807, 2.05) is 4.90 Å². The van der Waals surface area contributed by atoms with Crippen LogP contribution in [0.3, 0.4) is 0 Å². The van der Waals surface area contributed by atoms with Crippen molar-refractivity contribution in [2.75, 3.05) is 44.8 Å². The van der Waals surface area contributed by atoms with E-state index in [4.69, 9.17) is 4.74 Å². The summed E-state index contributed by atoms with van der Waals surface area (Å²) in [4.78, 5) is 51.7. The number of piperazine rings is 1. The number of hydrogen-bond acceptors (Lipinski definition) is 9. The zero-order valence-electron chi connectivity index (χ0n) is 15.3. The van der Waals surface area contributed by atoms with E-state index in [1.165, 1.54) is 25.3 Å². The highest BCUT2D eigenvalue weighted by atomic mass is 16.5. The Kier molecular flexibility index (Phi) is 6.10. The minimum absolute atomic E-state index is 0.0107. The fraction of sp³-hybridized carbons (Fsp3) is 0.333. The van der Waals surface area contributed by atoms with Crippen LogP contribution in [-0.2, 0) is 14.3 Å². The lowest BCUT2D eigenvalue weighted by atomic mass is 10.3. The monoisotopic (exact) mass is 385 g/mol. The lowest BCUT2D eigenvalue weighted by Gasteiger charge is -2.35. The van der Waals surface area contributed by atoms with Crippen molar-refractivity contribution >= 4 is 23.7 Å². The Morgan fingerprint density at radius 3 is 2.39 bits per heavy atom. The molecule has 0 aromatic carbocycles. The second kappa shape index (κ2) is 8.89. The van der Waals surface area contributed by atoms with Crippen molar-refractivity contribution in [1.29, 1.82) is 0 Å². The molecule has 0 radical (unpaired) electrons. The van der Waals surface area contributed by atoms with Crippen molar-refractivity contribution in [3.63, 3.8) is 0 Å². The van der Waals surface area contributed by atoms with Gasteiger partial charge in [-0.1, -0.05) is 6.07 Å². The average Bonchev–Trinajstić information content (AvgIpc) is 2.77. The Balaban J connectivity index is 1.49. The van der Waals surface area contributed by atoms with Gasteiger partial charge in [0.2, 0.25) is 0 Å². The number of nitrogens with zero attached hydrogens (tertiary/aromatic N) is 5. The summed E-state index contributed by atoms with van der Waals surface area (Å²) in [6.07, 6.45) is 4.90. The third-order valence-electron chi connectivity index (χ3n) is 4.19. The molecule has 0 aliphatic carbocycles. The predicted octanol–water partition coefficient (Wildman–Crippen LogP) is 0.164. The maximum Gasteiger partial charge on any atom is 0.357 e. The van der Waals surface area contributed by atoms with Crippen LogP contribution in [0.4, 0.5) is 5.82 Å². The predicted molar refractivity (Wildman–Crippen MR) is 96.7 cm³/mol. The summed E-state index contributed by atoms with van der Waals surface area (Å²) in [5.41, 5.74) is -0.0772. The average molecular weight is 385 g/mol. The van der Waals surface area contributed by atoms with Gasteiger partial charge in [-0.25, -0.2) is 19.6 Å². The van der Waals surface area contributed by atoms with E-state index in [-0.39, 0.29) is 17.3 Å². The van der Waals surface area contributed by atoms with Crippen LogP contribution < -0.4 is 4.90 Å². The number of carbonyl (C=O) groups is 3. The number of anilines is 1. The van der Waals surface area contributed by atoms with Gasteiger partial charge in [-0.05, 0) is 12.1 Å². The summed E-state index contributed by atoms with van der Waals surface area (Å²) in [5, 5.41) is 0. The van der Waals surface area contributed by atoms with Crippen molar-refractivity contribution < 1.29 is 23.9 Å². The summed E-state index contributed by atoms with van der Waals surface area (Å²) in [6, 6.07) is 4.31. The molecule has 146 valence electrons. The van der Waals surface area contributed by atoms with Crippen molar-refractivity contribution in [2.24, 2.45) is 0 Å². The maximum atomic E-state index is 12.3. The number of methoxy groups -OCH3 is 1. The fourth-order valence-corrected chi connectivity index (χ4v) is 2.70. The first-order valence-corrected chi connectivity index (χ1v) is 8.59. The molecule has 28 heavy (non-hydrogen) atoms. The highest BCUT2D eigenvalue weighted by Gasteiger charge is 2.23. The van der Waals surface area contributed by atoms with Crippen molar-refractivity contribution in [3.8, 4) is 0 Å². The number of carbonyl (C=O) groups excluding carboxylic acids is 3. The molecule has 2 aromatic rings. The smallest absolute Gasteiger partial charge is 0.357 e. The second-order valence-electron chi connectivity index (χ2n) is 5.91. The molecule has 1 fully saturated rings. The molecule has 10 heteroatoms. The first kappa shape index (κ1) is 19.2. The van der Waals surface area contributed by atoms with Gasteiger partial charge in [-0.2, -0.15) is 0 Å². The number of ether oxygens (including phenoxy) is 2. The highest BCUT2D eigenvalue weighted by Crippen LogP contribution is 2.11. The Bertz CT molecular complexity index is 852. The summed E-state index contributed by atoms with van der Waals surface area (Å²) in [7, 11) is 1.22. The summed E-state index contributed by atoms with van der Waals surface area (Å²) < 4.78 is 9.60. The first-order chi connectivity index (χ1) is 13.6. The van der Waals surface area contributed by atoms with Crippen LogP contribution in [0.5, 0.6) is 0 Å². The van der Waals surface area contributed by atoms with Gasteiger partial charge in [0.25, 0.3) is 5.91 Å². The van der Waals surface area contributed by atoms with Gasteiger partial charge in [0.05, 0.1) is 13.3 Å². The summed E-state index contributed by atoms with van der Waals surface area (Å²) in [6.45, 7) is 1.81. The molecule has 1 aliphatic heterocycles. The van der Waals surface area contributed by atoms with E-state index in [0.717, 1.165) is 5.82 Å². The van der Waals surface area contributed by atoms with E-state index in [2.05, 4.69) is 19.7 Å². The Morgan fingerprint density at radius 1 is 1.04 bits per heavy atom. The van der Waals surface area contributed by atoms with Crippen LogP contribution >= 0.6 is 0 Å². The molecule has 0 bridgehead atoms. The molecule has 0 spiro atoms. The standard InChI is InChI=1S/C18H19N5O5/c1-27-17(25)13-3-2-4-14(21-13)18(26)28-12-16(24)23-9-7-22(8-10-23)15-11-19-5-6-20-15/h2-6,11H,7-10,12H2,1H3. The SMILES string of the molecule is COC(=O)c1cccc(C(=O)OCC(=O)N2CCN(c3cnccn3)CC2)n1. The maximum absolute atomic E-state index is 12.3. The molecule has 0 N–H and O–H groups in total. The second-order valence-corrected chi connectivity index (χ2v) is 5.91. The minimum Gasteiger partial charge on any atom is -0.464 e. The van der Waals surface area contributed by atoms with E-state index in [0.29, 0.717) is 26.2 Å². The van der Waals surface area contributed by atoms with E-state index < -0.39 is 18.5 Å². The molecule has 0 unspecified atom stereocenters. The van der Waals surface area contributed by atoms with Crippen molar-refractivity contribution in [2.45, 2.75) is 0 Å². The highest BCUT2D eigenvalue weighted by molar-refractivity contribution is 5.92. The van der Waals surface area contributed by atoms with Gasteiger partial charge < -0.3 is 19.3 Å². The van der Waals surface area contributed by atoms with Crippen LogP contribution in [-0.4, -0.2) is 77.6 Å². The van der Waals surface area contributed by atoms with Crippen molar-refractivity contribution in [1.82, 2.24) is 19.9 Å². The van der Waals surface area contributed by atoms with Gasteiger partial charge in [0, 0.05) is 38.6 Å². The third kappa shape index (κ3) is 4.58. The topological polar surface area (TPSA) is 115 Å². The molecule has 2 aromatic heterocycles. The van der Waals surface area contributed by atoms with E-state index in [1.54, 1.807) is 23.5 Å². The zero-order valence-corrected chi connectivity index (χ0v) is 15.3. The lowest BCUT2D eigenvalue weighted by molar-refractivity contribution is -0.134. The number of esters is 2. The molecule has 3 rings (SSSR count). The van der Waals surface area contributed by atoms with E-state index in [9.17, 15) is 14.4 Å². The normalized spacial score (nSPS) is 13.8. The van der Waals surface area contributed by atoms with Gasteiger partial charge in [0.15, 0.2) is 6.61 Å². The zero-order chi connectivity index (χ0) is 19.9. The molecule has 1 amide bonds. The van der Waals surface area contributed by atoms with Gasteiger partial charge in [-0.15, -0.1) is 0 Å². The van der Waals surface area contributed by atoms with Crippen LogP contribution in [0.1, 0.15) is 21.0 Å². The number of rotatable bonds is 5. The molecule has 0 atom stereocenters. The number of hydrogen-bond donors (Lipinski definition) is 0. The summed E-state index contributed by atoms with van der Waals surface area (Å²) >= 11 is 0. The third-order valence-corrected chi connectivity index (χ3v) is 4.19. The Labute approximate surface area is 161 Å². The minimum atomic E-state index is -0.780. The Hall–Kier alpha value is -3.56. The number of aromatic nitrogens is 3. The quantitative estimate of drug-likeness (QED) is 0.664. The van der Waals surface area contributed by atoms with E-state index >= 15 is 0 Å². The van der Waals surface area contributed by atoms with Crippen LogP contribution in [0.2, 0.25) is 0 Å². The van der Waals surface area contributed by atoms with Gasteiger partial charge in [-0.3, -0.25) is 9.78 Å². The molecule has 1 saturated heterocycles. The van der Waals surface area contributed by atoms with Crippen molar-refractivity contribution in [3.05, 3.63) is 48.2 Å². The van der Waals surface area contributed by atoms with Crippen LogP contribution in [0.25, 0.3) is 0 Å². The molecular weight excluding hydrogens is 366 g/mol. The molecule has 10 nitrogen and oxygen atoms in total. The van der Waals surface area contributed by atoms with Crippen LogP contribution in [0, 0.1) is 0 Å². The largest absolute Gasteiger partial charge is 0.464 e. The lowest BCUT2D eigenvalue weighted by Crippen LogP contribution is -2.50. The number of pyridine rings is 1. The van der Waals surface area contributed by atoms with Crippen LogP contribution in [0.15, 0.2) is 36.8 Å². The first-order valence-electron chi connectivity index (χ1n) is 8.59. The van der Waals surface area contributed by atoms with Gasteiger partial charge >= 0.3 is 11.9 Å². The molecular formula is C18H19N5O5. The summed E-state index contributed by atoms with van der Waals surface area (Å²) in [5.74, 6) is -0.974. The number of amides is 1. The Morgan fingerprint density at radius 2 is 1.75 bits per heavy atom. The molecule has 3 heterocycles.